The number of furan rings is 2. The number of benzene rings is 1. The first-order chi connectivity index (χ1) is 11.2. The molecule has 5 heteroatoms. The van der Waals surface area contributed by atoms with Gasteiger partial charge in [-0.25, -0.2) is 0 Å². The summed E-state index contributed by atoms with van der Waals surface area (Å²) in [6.45, 7) is 4.05. The average molecular weight is 306 g/mol. The minimum Gasteiger partial charge on any atom is -0.465 e. The quantitative estimate of drug-likeness (QED) is 0.540. The van der Waals surface area contributed by atoms with Gasteiger partial charge >= 0.3 is 0 Å². The number of fused-ring (bicyclic) bond motifs is 1. The number of rotatable bonds is 3. The van der Waals surface area contributed by atoms with E-state index in [1.807, 2.05) is 31.2 Å². The fraction of sp³-hybridized carbons (Fsp3) is 0.111. The summed E-state index contributed by atoms with van der Waals surface area (Å²) in [5, 5.41) is 5.07. The molecule has 5 nitrogen and oxygen atoms in total. The lowest BCUT2D eigenvalue weighted by atomic mass is 10.1. The van der Waals surface area contributed by atoms with Crippen molar-refractivity contribution in [2.75, 3.05) is 0 Å². The van der Waals surface area contributed by atoms with Gasteiger partial charge in [-0.3, -0.25) is 0 Å². The van der Waals surface area contributed by atoms with Crippen molar-refractivity contribution in [3.05, 3.63) is 59.4 Å². The number of hydrogen-bond acceptors (Lipinski definition) is 5. The molecule has 0 radical (unpaired) electrons. The SMILES string of the molecule is Cc1ccc2oc(-c3noc(C=Cc4ccco4)n3)c(C)c2c1. The Labute approximate surface area is 132 Å². The van der Waals surface area contributed by atoms with Gasteiger partial charge < -0.3 is 13.4 Å². The molecule has 0 unspecified atom stereocenters. The Hall–Kier alpha value is -3.08. The third-order valence-corrected chi connectivity index (χ3v) is 3.67. The second-order valence-corrected chi connectivity index (χ2v) is 5.36. The highest BCUT2D eigenvalue weighted by atomic mass is 16.5. The van der Waals surface area contributed by atoms with Crippen molar-refractivity contribution in [3.63, 3.8) is 0 Å². The van der Waals surface area contributed by atoms with Crippen LogP contribution in [-0.4, -0.2) is 10.1 Å². The van der Waals surface area contributed by atoms with Crippen molar-refractivity contribution >= 4 is 23.1 Å². The summed E-state index contributed by atoms with van der Waals surface area (Å²) in [4.78, 5) is 4.36. The van der Waals surface area contributed by atoms with E-state index in [1.54, 1.807) is 18.4 Å². The summed E-state index contributed by atoms with van der Waals surface area (Å²) in [7, 11) is 0. The molecule has 1 aromatic carbocycles. The number of aromatic nitrogens is 2. The van der Waals surface area contributed by atoms with Crippen LogP contribution in [-0.2, 0) is 0 Å². The molecule has 4 aromatic rings. The summed E-state index contributed by atoms with van der Waals surface area (Å²) in [5.41, 5.74) is 3.01. The van der Waals surface area contributed by atoms with Crippen LogP contribution in [0.4, 0.5) is 0 Å². The molecule has 0 amide bonds. The van der Waals surface area contributed by atoms with Crippen molar-refractivity contribution in [1.29, 1.82) is 0 Å². The van der Waals surface area contributed by atoms with Gasteiger partial charge in [-0.1, -0.05) is 16.8 Å². The predicted octanol–water partition coefficient (Wildman–Crippen LogP) is 4.86. The van der Waals surface area contributed by atoms with Crippen molar-refractivity contribution in [3.8, 4) is 11.6 Å². The van der Waals surface area contributed by atoms with Gasteiger partial charge in [0.05, 0.1) is 6.26 Å². The standard InChI is InChI=1S/C18H14N2O3/c1-11-5-7-15-14(10-11)12(2)17(22-15)18-19-16(23-20-18)8-6-13-4-3-9-21-13/h3-10H,1-2H3. The molecule has 0 N–H and O–H groups in total. The molecule has 0 fully saturated rings. The summed E-state index contributed by atoms with van der Waals surface area (Å²) in [6.07, 6.45) is 5.09. The highest BCUT2D eigenvalue weighted by Crippen LogP contribution is 2.32. The van der Waals surface area contributed by atoms with Crippen LogP contribution in [0.2, 0.25) is 0 Å². The lowest BCUT2D eigenvalue weighted by molar-refractivity contribution is 0.409. The van der Waals surface area contributed by atoms with Crippen LogP contribution in [0.3, 0.4) is 0 Å². The van der Waals surface area contributed by atoms with Gasteiger partial charge in [0.25, 0.3) is 5.89 Å². The minimum absolute atomic E-state index is 0.396. The van der Waals surface area contributed by atoms with Gasteiger partial charge in [0.15, 0.2) is 5.76 Å². The molecule has 4 rings (SSSR count). The fourth-order valence-corrected chi connectivity index (χ4v) is 2.48. The summed E-state index contributed by atoms with van der Waals surface area (Å²) in [6, 6.07) is 9.73. The molecule has 3 aromatic heterocycles. The Balaban J connectivity index is 1.70. The number of aryl methyl sites for hydroxylation is 2. The molecule has 0 saturated carbocycles. The molecule has 0 bridgehead atoms. The molecule has 0 aliphatic heterocycles. The van der Waals surface area contributed by atoms with E-state index >= 15 is 0 Å². The topological polar surface area (TPSA) is 65.2 Å². The maximum atomic E-state index is 5.88. The van der Waals surface area contributed by atoms with E-state index in [9.17, 15) is 0 Å². The number of hydrogen-bond donors (Lipinski definition) is 0. The van der Waals surface area contributed by atoms with Gasteiger partial charge in [0.2, 0.25) is 5.82 Å². The van der Waals surface area contributed by atoms with Crippen molar-refractivity contribution in [1.82, 2.24) is 10.1 Å². The largest absolute Gasteiger partial charge is 0.465 e. The maximum absolute atomic E-state index is 5.88. The second kappa shape index (κ2) is 5.28. The third-order valence-electron chi connectivity index (χ3n) is 3.67. The highest BCUT2D eigenvalue weighted by Gasteiger charge is 2.17. The zero-order valence-electron chi connectivity index (χ0n) is 12.7. The third kappa shape index (κ3) is 2.46. The predicted molar refractivity (Wildman–Crippen MR) is 86.6 cm³/mol. The molecule has 0 aliphatic rings. The summed E-state index contributed by atoms with van der Waals surface area (Å²) < 4.78 is 16.3. The lowest BCUT2D eigenvalue weighted by Gasteiger charge is -1.91. The van der Waals surface area contributed by atoms with E-state index < -0.39 is 0 Å². The zero-order valence-corrected chi connectivity index (χ0v) is 12.7. The van der Waals surface area contributed by atoms with E-state index in [2.05, 4.69) is 23.1 Å². The molecule has 114 valence electrons. The molecule has 0 aliphatic carbocycles. The van der Waals surface area contributed by atoms with Crippen molar-refractivity contribution in [2.45, 2.75) is 13.8 Å². The molecule has 0 atom stereocenters. The van der Waals surface area contributed by atoms with E-state index in [1.165, 1.54) is 5.56 Å². The summed E-state index contributed by atoms with van der Waals surface area (Å²) in [5.74, 6) is 2.19. The Morgan fingerprint density at radius 1 is 1.09 bits per heavy atom. The van der Waals surface area contributed by atoms with Gasteiger partial charge in [-0.15, -0.1) is 0 Å². The molecule has 23 heavy (non-hydrogen) atoms. The van der Waals surface area contributed by atoms with Crippen LogP contribution in [0.25, 0.3) is 34.7 Å². The Bertz CT molecular complexity index is 991. The van der Waals surface area contributed by atoms with Crippen LogP contribution < -0.4 is 0 Å². The lowest BCUT2D eigenvalue weighted by Crippen LogP contribution is -1.80. The van der Waals surface area contributed by atoms with Crippen LogP contribution in [0.15, 0.2) is 50.0 Å². The molecule has 3 heterocycles. The normalized spacial score (nSPS) is 11.7. The first-order valence-corrected chi connectivity index (χ1v) is 7.26. The Kier molecular flexibility index (Phi) is 3.12. The first kappa shape index (κ1) is 13.6. The second-order valence-electron chi connectivity index (χ2n) is 5.36. The van der Waals surface area contributed by atoms with E-state index in [0.717, 1.165) is 22.3 Å². The first-order valence-electron chi connectivity index (χ1n) is 7.26. The van der Waals surface area contributed by atoms with Gasteiger partial charge in [-0.05, 0) is 44.2 Å². The minimum atomic E-state index is 0.396. The molecular weight excluding hydrogens is 292 g/mol. The van der Waals surface area contributed by atoms with E-state index in [-0.39, 0.29) is 0 Å². The highest BCUT2D eigenvalue weighted by molar-refractivity contribution is 5.87. The summed E-state index contributed by atoms with van der Waals surface area (Å²) >= 11 is 0. The Morgan fingerprint density at radius 2 is 2.00 bits per heavy atom. The van der Waals surface area contributed by atoms with Crippen molar-refractivity contribution < 1.29 is 13.4 Å². The molecule has 0 saturated heterocycles. The van der Waals surface area contributed by atoms with Crippen LogP contribution >= 0.6 is 0 Å². The maximum Gasteiger partial charge on any atom is 0.251 e. The fourth-order valence-electron chi connectivity index (χ4n) is 2.48. The van der Waals surface area contributed by atoms with Crippen LogP contribution in [0, 0.1) is 13.8 Å². The van der Waals surface area contributed by atoms with Crippen LogP contribution in [0.5, 0.6) is 0 Å². The zero-order chi connectivity index (χ0) is 15.8. The van der Waals surface area contributed by atoms with E-state index in [4.69, 9.17) is 13.4 Å². The van der Waals surface area contributed by atoms with Gasteiger partial charge in [-0.2, -0.15) is 4.98 Å². The van der Waals surface area contributed by atoms with Gasteiger partial charge in [0.1, 0.15) is 11.3 Å². The molecule has 0 spiro atoms. The van der Waals surface area contributed by atoms with Crippen LogP contribution in [0.1, 0.15) is 22.8 Å². The van der Waals surface area contributed by atoms with Gasteiger partial charge in [0, 0.05) is 17.0 Å². The van der Waals surface area contributed by atoms with Crippen molar-refractivity contribution in [2.24, 2.45) is 0 Å². The number of nitrogens with zero attached hydrogens (tertiary/aromatic N) is 2. The Morgan fingerprint density at radius 3 is 2.83 bits per heavy atom. The van der Waals surface area contributed by atoms with E-state index in [0.29, 0.717) is 17.5 Å². The smallest absolute Gasteiger partial charge is 0.251 e. The monoisotopic (exact) mass is 306 g/mol. The average Bonchev–Trinajstić information content (AvgIpc) is 3.26. The molecular formula is C18H14N2O3.